The van der Waals surface area contributed by atoms with E-state index in [0.717, 1.165) is 22.5 Å². The van der Waals surface area contributed by atoms with Crippen molar-refractivity contribution in [3.63, 3.8) is 0 Å². The van der Waals surface area contributed by atoms with Crippen molar-refractivity contribution in [1.29, 1.82) is 5.26 Å². The molecule has 1 aromatic carbocycles. The minimum Gasteiger partial charge on any atom is -0.224 e. The monoisotopic (exact) mass is 265 g/mol. The molecule has 0 bridgehead atoms. The summed E-state index contributed by atoms with van der Waals surface area (Å²) in [4.78, 5) is 8.44. The minimum absolute atomic E-state index is 0.0859. The molecule has 0 aliphatic rings. The Morgan fingerprint density at radius 3 is 2.35 bits per heavy atom. The average molecular weight is 265 g/mol. The lowest BCUT2D eigenvalue weighted by molar-refractivity contribution is 0.590. The standard InChI is InChI=1S/C17H19N3/c1-11-6-7-13(17(3,4)5)9-14(11)15-8-12(2)19-16(10-18)20-15/h6-9H,1-5H3. The third kappa shape index (κ3) is 2.85. The molecule has 2 rings (SSSR count). The second-order valence-corrected chi connectivity index (χ2v) is 6.11. The van der Waals surface area contributed by atoms with Crippen LogP contribution in [0.25, 0.3) is 11.3 Å². The molecule has 3 heteroatoms. The van der Waals surface area contributed by atoms with Gasteiger partial charge in [0.2, 0.25) is 5.82 Å². The van der Waals surface area contributed by atoms with E-state index in [1.165, 1.54) is 5.56 Å². The minimum atomic E-state index is 0.0859. The summed E-state index contributed by atoms with van der Waals surface area (Å²) in [6, 6.07) is 10.4. The van der Waals surface area contributed by atoms with Crippen LogP contribution >= 0.6 is 0 Å². The Kier molecular flexibility index (Phi) is 3.59. The van der Waals surface area contributed by atoms with Crippen molar-refractivity contribution in [2.75, 3.05) is 0 Å². The molecule has 0 radical (unpaired) electrons. The lowest BCUT2D eigenvalue weighted by Crippen LogP contribution is -2.11. The lowest BCUT2D eigenvalue weighted by Gasteiger charge is -2.20. The predicted octanol–water partition coefficient (Wildman–Crippen LogP) is 3.93. The van der Waals surface area contributed by atoms with Gasteiger partial charge in [0.15, 0.2) is 0 Å². The molecule has 2 aromatic rings. The van der Waals surface area contributed by atoms with E-state index in [1.807, 2.05) is 19.1 Å². The van der Waals surface area contributed by atoms with Crippen molar-refractivity contribution >= 4 is 0 Å². The lowest BCUT2D eigenvalue weighted by atomic mass is 9.85. The molecule has 0 aliphatic carbocycles. The molecule has 0 saturated heterocycles. The average Bonchev–Trinajstić information content (AvgIpc) is 2.37. The van der Waals surface area contributed by atoms with E-state index in [4.69, 9.17) is 5.26 Å². The van der Waals surface area contributed by atoms with Crippen LogP contribution in [-0.2, 0) is 5.41 Å². The molecule has 0 amide bonds. The topological polar surface area (TPSA) is 49.6 Å². The first-order valence-electron chi connectivity index (χ1n) is 6.68. The van der Waals surface area contributed by atoms with E-state index in [0.29, 0.717) is 0 Å². The van der Waals surface area contributed by atoms with Gasteiger partial charge in [0, 0.05) is 11.3 Å². The van der Waals surface area contributed by atoms with Crippen molar-refractivity contribution in [1.82, 2.24) is 9.97 Å². The SMILES string of the molecule is Cc1cc(-c2cc(C(C)(C)C)ccc2C)nc(C#N)n1. The normalized spacial score (nSPS) is 11.2. The van der Waals surface area contributed by atoms with Crippen molar-refractivity contribution in [3.8, 4) is 17.3 Å². The van der Waals surface area contributed by atoms with Crippen LogP contribution in [0.5, 0.6) is 0 Å². The smallest absolute Gasteiger partial charge is 0.224 e. The predicted molar refractivity (Wildman–Crippen MR) is 80.4 cm³/mol. The third-order valence-corrected chi connectivity index (χ3v) is 3.33. The highest BCUT2D eigenvalue weighted by atomic mass is 14.9. The maximum absolute atomic E-state index is 9.01. The van der Waals surface area contributed by atoms with E-state index < -0.39 is 0 Å². The molecular formula is C17H19N3. The number of aromatic nitrogens is 2. The van der Waals surface area contributed by atoms with Crippen LogP contribution in [0.15, 0.2) is 24.3 Å². The quantitative estimate of drug-likeness (QED) is 0.785. The second-order valence-electron chi connectivity index (χ2n) is 6.11. The van der Waals surface area contributed by atoms with Gasteiger partial charge in [-0.25, -0.2) is 9.97 Å². The van der Waals surface area contributed by atoms with Crippen molar-refractivity contribution < 1.29 is 0 Å². The summed E-state index contributed by atoms with van der Waals surface area (Å²) in [7, 11) is 0. The molecule has 1 heterocycles. The molecule has 1 aromatic heterocycles. The fourth-order valence-corrected chi connectivity index (χ4v) is 2.12. The summed E-state index contributed by atoms with van der Waals surface area (Å²) >= 11 is 0. The van der Waals surface area contributed by atoms with Gasteiger partial charge in [-0.05, 0) is 42.5 Å². The molecule has 0 aliphatic heterocycles. The zero-order chi connectivity index (χ0) is 14.9. The van der Waals surface area contributed by atoms with Crippen LogP contribution < -0.4 is 0 Å². The van der Waals surface area contributed by atoms with Gasteiger partial charge in [-0.15, -0.1) is 0 Å². The summed E-state index contributed by atoms with van der Waals surface area (Å²) in [6.07, 6.45) is 0. The first kappa shape index (κ1) is 14.2. The zero-order valence-electron chi connectivity index (χ0n) is 12.7. The Balaban J connectivity index is 2.64. The Morgan fingerprint density at radius 1 is 1.05 bits per heavy atom. The van der Waals surface area contributed by atoms with Gasteiger partial charge in [0.25, 0.3) is 0 Å². The zero-order valence-corrected chi connectivity index (χ0v) is 12.7. The van der Waals surface area contributed by atoms with Gasteiger partial charge in [-0.1, -0.05) is 32.9 Å². The molecule has 0 spiro atoms. The van der Waals surface area contributed by atoms with Gasteiger partial charge >= 0.3 is 0 Å². The molecule has 0 atom stereocenters. The molecule has 102 valence electrons. The van der Waals surface area contributed by atoms with Crippen LogP contribution in [0.1, 0.15) is 43.4 Å². The number of hydrogen-bond donors (Lipinski definition) is 0. The summed E-state index contributed by atoms with van der Waals surface area (Å²) < 4.78 is 0. The van der Waals surface area contributed by atoms with Crippen LogP contribution in [0, 0.1) is 25.2 Å². The molecule has 0 fully saturated rings. The first-order valence-corrected chi connectivity index (χ1v) is 6.68. The number of hydrogen-bond acceptors (Lipinski definition) is 3. The summed E-state index contributed by atoms with van der Waals surface area (Å²) in [5.74, 6) is 0.223. The Hall–Kier alpha value is -2.21. The Morgan fingerprint density at radius 2 is 1.75 bits per heavy atom. The van der Waals surface area contributed by atoms with Gasteiger partial charge < -0.3 is 0 Å². The molecule has 0 saturated carbocycles. The van der Waals surface area contributed by atoms with Crippen molar-refractivity contribution in [2.24, 2.45) is 0 Å². The van der Waals surface area contributed by atoms with Crippen LogP contribution in [0.2, 0.25) is 0 Å². The summed E-state index contributed by atoms with van der Waals surface area (Å²) in [5, 5.41) is 9.01. The summed E-state index contributed by atoms with van der Waals surface area (Å²) in [6.45, 7) is 10.5. The molecule has 0 unspecified atom stereocenters. The van der Waals surface area contributed by atoms with Crippen LogP contribution in [-0.4, -0.2) is 9.97 Å². The molecular weight excluding hydrogens is 246 g/mol. The highest BCUT2D eigenvalue weighted by Crippen LogP contribution is 2.29. The summed E-state index contributed by atoms with van der Waals surface area (Å²) in [5.41, 5.74) is 5.19. The van der Waals surface area contributed by atoms with Gasteiger partial charge in [0.1, 0.15) is 6.07 Å². The number of nitrogens with zero attached hydrogens (tertiary/aromatic N) is 3. The van der Waals surface area contributed by atoms with Gasteiger partial charge in [0.05, 0.1) is 5.69 Å². The fraction of sp³-hybridized carbons (Fsp3) is 0.353. The number of aryl methyl sites for hydroxylation is 2. The molecule has 0 N–H and O–H groups in total. The van der Waals surface area contributed by atoms with Gasteiger partial charge in [-0.3, -0.25) is 0 Å². The Labute approximate surface area is 120 Å². The van der Waals surface area contributed by atoms with E-state index >= 15 is 0 Å². The van der Waals surface area contributed by atoms with Crippen molar-refractivity contribution in [2.45, 2.75) is 40.0 Å². The largest absolute Gasteiger partial charge is 0.232 e. The first-order chi connectivity index (χ1) is 9.31. The van der Waals surface area contributed by atoms with E-state index in [9.17, 15) is 0 Å². The highest BCUT2D eigenvalue weighted by molar-refractivity contribution is 5.65. The van der Waals surface area contributed by atoms with Gasteiger partial charge in [-0.2, -0.15) is 5.26 Å². The molecule has 20 heavy (non-hydrogen) atoms. The highest BCUT2D eigenvalue weighted by Gasteiger charge is 2.16. The maximum atomic E-state index is 9.01. The van der Waals surface area contributed by atoms with E-state index in [2.05, 4.69) is 55.9 Å². The van der Waals surface area contributed by atoms with Crippen LogP contribution in [0.3, 0.4) is 0 Å². The number of benzene rings is 1. The maximum Gasteiger partial charge on any atom is 0.232 e. The number of nitriles is 1. The third-order valence-electron chi connectivity index (χ3n) is 3.33. The second kappa shape index (κ2) is 5.05. The molecule has 3 nitrogen and oxygen atoms in total. The van der Waals surface area contributed by atoms with Crippen molar-refractivity contribution in [3.05, 3.63) is 46.9 Å². The van der Waals surface area contributed by atoms with Crippen LogP contribution in [0.4, 0.5) is 0 Å². The van der Waals surface area contributed by atoms with E-state index in [1.54, 1.807) is 0 Å². The Bertz CT molecular complexity index is 688. The number of rotatable bonds is 1. The fourth-order valence-electron chi connectivity index (χ4n) is 2.12. The van der Waals surface area contributed by atoms with E-state index in [-0.39, 0.29) is 11.2 Å².